The number of hydrogen-bond acceptors (Lipinski definition) is 3. The van der Waals surface area contributed by atoms with Crippen molar-refractivity contribution in [2.75, 3.05) is 18.0 Å². The van der Waals surface area contributed by atoms with Crippen LogP contribution in [0.15, 0.2) is 48.5 Å². The third-order valence-corrected chi connectivity index (χ3v) is 7.32. The number of alkyl halides is 6. The van der Waals surface area contributed by atoms with E-state index in [1.165, 1.54) is 6.42 Å². The predicted octanol–water partition coefficient (Wildman–Crippen LogP) is 8.36. The number of nitrogens with zero attached hydrogens (tertiary/aromatic N) is 3. The van der Waals surface area contributed by atoms with E-state index < -0.39 is 41.7 Å². The number of pyridine rings is 1. The van der Waals surface area contributed by atoms with Crippen LogP contribution >= 0.6 is 0 Å². The molecule has 0 spiro atoms. The van der Waals surface area contributed by atoms with E-state index in [1.54, 1.807) is 6.07 Å². The number of halogens is 6. The zero-order valence-corrected chi connectivity index (χ0v) is 22.0. The number of para-hydroxylation sites is 1. The van der Waals surface area contributed by atoms with Gasteiger partial charge in [-0.05, 0) is 61.6 Å². The van der Waals surface area contributed by atoms with E-state index >= 15 is 0 Å². The molecule has 40 heavy (non-hydrogen) atoms. The van der Waals surface area contributed by atoms with E-state index in [-0.39, 0.29) is 12.6 Å². The lowest BCUT2D eigenvalue weighted by Crippen LogP contribution is -2.34. The summed E-state index contributed by atoms with van der Waals surface area (Å²) in [5.74, 6) is 1.02. The molecule has 1 aromatic heterocycles. The summed E-state index contributed by atoms with van der Waals surface area (Å²) in [6, 6.07) is 10.3. The highest BCUT2D eigenvalue weighted by Gasteiger charge is 2.37. The number of fused-ring (bicyclic) bond motifs is 1. The van der Waals surface area contributed by atoms with Crippen molar-refractivity contribution in [1.29, 1.82) is 0 Å². The summed E-state index contributed by atoms with van der Waals surface area (Å²) in [6.07, 6.45) is -5.88. The molecular weight excluding hydrogens is 536 g/mol. The summed E-state index contributed by atoms with van der Waals surface area (Å²) in [5, 5.41) is 10.7. The largest absolute Gasteiger partial charge is 0.465 e. The molecule has 5 nitrogen and oxygen atoms in total. The summed E-state index contributed by atoms with van der Waals surface area (Å²) in [4.78, 5) is 20.0. The minimum Gasteiger partial charge on any atom is -0.465 e. The maximum Gasteiger partial charge on any atom is 0.416 e. The van der Waals surface area contributed by atoms with Crippen molar-refractivity contribution in [2.24, 2.45) is 5.92 Å². The third kappa shape index (κ3) is 7.17. The molecule has 0 bridgehead atoms. The minimum atomic E-state index is -5.03. The minimum absolute atomic E-state index is 0.0321. The van der Waals surface area contributed by atoms with Gasteiger partial charge in [0, 0.05) is 30.6 Å². The molecule has 216 valence electrons. The first-order chi connectivity index (χ1) is 18.8. The standard InChI is InChI=1S/C29H31F6N3O2/c1-2-37(16-19-8-4-3-5-9-19)26-22(14-21-10-6-7-11-25(21)36-26)18-38(27(39)40)17-20-12-23(28(30,31)32)15-24(13-20)29(33,34)35/h6-7,10-15,19H,2-5,8-9,16-18H2,1H3,(H,39,40). The molecule has 0 saturated heterocycles. The normalized spacial score (nSPS) is 14.9. The van der Waals surface area contributed by atoms with Crippen molar-refractivity contribution in [1.82, 2.24) is 9.88 Å². The van der Waals surface area contributed by atoms with Gasteiger partial charge in [0.25, 0.3) is 0 Å². The Morgan fingerprint density at radius 3 is 2.12 bits per heavy atom. The molecule has 0 aliphatic heterocycles. The van der Waals surface area contributed by atoms with Crippen molar-refractivity contribution >= 4 is 22.8 Å². The number of anilines is 1. The zero-order chi connectivity index (χ0) is 29.1. The highest BCUT2D eigenvalue weighted by atomic mass is 19.4. The number of amides is 1. The topological polar surface area (TPSA) is 56.7 Å². The summed E-state index contributed by atoms with van der Waals surface area (Å²) in [7, 11) is 0. The maximum absolute atomic E-state index is 13.4. The van der Waals surface area contributed by atoms with E-state index in [1.807, 2.05) is 31.2 Å². The Kier molecular flexibility index (Phi) is 8.80. The molecule has 1 saturated carbocycles. The molecule has 1 heterocycles. The second kappa shape index (κ2) is 11.9. The monoisotopic (exact) mass is 567 g/mol. The lowest BCUT2D eigenvalue weighted by molar-refractivity contribution is -0.143. The van der Waals surface area contributed by atoms with Crippen LogP contribution in [-0.4, -0.2) is 34.2 Å². The Labute approximate surface area is 228 Å². The van der Waals surface area contributed by atoms with Gasteiger partial charge in [0.1, 0.15) is 5.82 Å². The van der Waals surface area contributed by atoms with Gasteiger partial charge in [-0.1, -0.05) is 37.5 Å². The summed E-state index contributed by atoms with van der Waals surface area (Å²) in [6.45, 7) is 2.37. The molecule has 1 aliphatic rings. The molecule has 11 heteroatoms. The number of benzene rings is 2. The van der Waals surface area contributed by atoms with Gasteiger partial charge >= 0.3 is 18.4 Å². The third-order valence-electron chi connectivity index (χ3n) is 7.32. The van der Waals surface area contributed by atoms with Crippen molar-refractivity contribution in [3.05, 3.63) is 70.8 Å². The summed E-state index contributed by atoms with van der Waals surface area (Å²) >= 11 is 0. The van der Waals surface area contributed by atoms with Crippen LogP contribution in [0.5, 0.6) is 0 Å². The molecule has 1 N–H and O–H groups in total. The fourth-order valence-corrected chi connectivity index (χ4v) is 5.31. The SMILES string of the molecule is CCN(CC1CCCCC1)c1nc2ccccc2cc1CN(Cc1cc(C(F)(F)F)cc(C(F)(F)F)c1)C(=O)O. The average molecular weight is 568 g/mol. The predicted molar refractivity (Wildman–Crippen MR) is 140 cm³/mol. The second-order valence-electron chi connectivity index (χ2n) is 10.3. The molecule has 0 atom stereocenters. The van der Waals surface area contributed by atoms with Gasteiger partial charge in [-0.25, -0.2) is 9.78 Å². The van der Waals surface area contributed by atoms with E-state index in [0.29, 0.717) is 41.5 Å². The molecular formula is C29H31F6N3O2. The maximum atomic E-state index is 13.4. The smallest absolute Gasteiger partial charge is 0.416 e. The van der Waals surface area contributed by atoms with Crippen molar-refractivity contribution in [3.63, 3.8) is 0 Å². The van der Waals surface area contributed by atoms with E-state index in [4.69, 9.17) is 4.98 Å². The fourth-order valence-electron chi connectivity index (χ4n) is 5.31. The lowest BCUT2D eigenvalue weighted by Gasteiger charge is -2.32. The Hall–Kier alpha value is -3.50. The van der Waals surface area contributed by atoms with Gasteiger partial charge in [-0.2, -0.15) is 26.3 Å². The van der Waals surface area contributed by atoms with Gasteiger partial charge in [-0.15, -0.1) is 0 Å². The van der Waals surface area contributed by atoms with Gasteiger partial charge in [0.15, 0.2) is 0 Å². The van der Waals surface area contributed by atoms with Crippen LogP contribution in [0.3, 0.4) is 0 Å². The van der Waals surface area contributed by atoms with Crippen LogP contribution in [0, 0.1) is 5.92 Å². The van der Waals surface area contributed by atoms with Gasteiger partial charge in [0.2, 0.25) is 0 Å². The highest BCUT2D eigenvalue weighted by Crippen LogP contribution is 2.37. The first-order valence-electron chi connectivity index (χ1n) is 13.2. The van der Waals surface area contributed by atoms with Crippen LogP contribution in [0.2, 0.25) is 0 Å². The van der Waals surface area contributed by atoms with Gasteiger partial charge in [0.05, 0.1) is 23.2 Å². The molecule has 0 unspecified atom stereocenters. The Morgan fingerprint density at radius 2 is 1.55 bits per heavy atom. The molecule has 3 aromatic rings. The molecule has 0 radical (unpaired) electrons. The molecule has 1 amide bonds. The summed E-state index contributed by atoms with van der Waals surface area (Å²) in [5.41, 5.74) is -2.14. The van der Waals surface area contributed by atoms with Gasteiger partial charge < -0.3 is 10.0 Å². The molecule has 1 fully saturated rings. The van der Waals surface area contributed by atoms with Crippen LogP contribution in [0.1, 0.15) is 61.3 Å². The first kappa shape index (κ1) is 29.5. The number of rotatable bonds is 8. The van der Waals surface area contributed by atoms with E-state index in [0.717, 1.165) is 42.5 Å². The Morgan fingerprint density at radius 1 is 0.925 bits per heavy atom. The fraction of sp³-hybridized carbons (Fsp3) is 0.448. The molecule has 2 aromatic carbocycles. The highest BCUT2D eigenvalue weighted by molar-refractivity contribution is 5.82. The van der Waals surface area contributed by atoms with Crippen LogP contribution in [0.25, 0.3) is 10.9 Å². The van der Waals surface area contributed by atoms with Crippen LogP contribution in [-0.2, 0) is 25.4 Å². The van der Waals surface area contributed by atoms with Crippen molar-refractivity contribution in [2.45, 2.75) is 64.5 Å². The average Bonchev–Trinajstić information content (AvgIpc) is 2.90. The number of aromatic nitrogens is 1. The van der Waals surface area contributed by atoms with Crippen molar-refractivity contribution < 1.29 is 36.2 Å². The Bertz CT molecular complexity index is 1300. The van der Waals surface area contributed by atoms with Crippen LogP contribution in [0.4, 0.5) is 37.0 Å². The first-order valence-corrected chi connectivity index (χ1v) is 13.2. The van der Waals surface area contributed by atoms with Crippen LogP contribution < -0.4 is 4.90 Å². The number of carbonyl (C=O) groups is 1. The van der Waals surface area contributed by atoms with E-state index in [2.05, 4.69) is 4.90 Å². The quantitative estimate of drug-likeness (QED) is 0.278. The second-order valence-corrected chi connectivity index (χ2v) is 10.3. The van der Waals surface area contributed by atoms with E-state index in [9.17, 15) is 36.2 Å². The molecule has 1 aliphatic carbocycles. The lowest BCUT2D eigenvalue weighted by atomic mass is 9.89. The number of hydrogen-bond donors (Lipinski definition) is 1. The summed E-state index contributed by atoms with van der Waals surface area (Å²) < 4.78 is 80.3. The van der Waals surface area contributed by atoms with Crippen molar-refractivity contribution in [3.8, 4) is 0 Å². The van der Waals surface area contributed by atoms with Gasteiger partial charge in [-0.3, -0.25) is 4.90 Å². The Balaban J connectivity index is 1.71. The molecule has 4 rings (SSSR count). The zero-order valence-electron chi connectivity index (χ0n) is 22.0. The number of carboxylic acid groups (broad SMARTS) is 1.